The van der Waals surface area contributed by atoms with Gasteiger partial charge < -0.3 is 9.84 Å². The number of ether oxygens (including phenoxy) is 1. The summed E-state index contributed by atoms with van der Waals surface area (Å²) in [5.74, 6) is 0.705. The molecule has 0 saturated carbocycles. The quantitative estimate of drug-likeness (QED) is 0.896. The van der Waals surface area contributed by atoms with Crippen LogP contribution in [0.25, 0.3) is 0 Å². The molecule has 1 N–H and O–H groups in total. The average molecular weight is 284 g/mol. The molecule has 0 saturated heterocycles. The molecule has 2 rings (SSSR count). The molecule has 0 unspecified atom stereocenters. The van der Waals surface area contributed by atoms with Gasteiger partial charge in [0.2, 0.25) is 0 Å². The van der Waals surface area contributed by atoms with Gasteiger partial charge in [-0.2, -0.15) is 0 Å². The average Bonchev–Trinajstić information content (AvgIpc) is 2.70. The molecule has 4 nitrogen and oxygen atoms in total. The van der Waals surface area contributed by atoms with Crippen molar-refractivity contribution in [3.63, 3.8) is 0 Å². The molecule has 1 aromatic rings. The summed E-state index contributed by atoms with van der Waals surface area (Å²) in [4.78, 5) is 0. The smallest absolute Gasteiger partial charge is 0.155 e. The van der Waals surface area contributed by atoms with Crippen LogP contribution >= 0.6 is 0 Å². The molecule has 106 valence electrons. The first kappa shape index (κ1) is 14.3. The monoisotopic (exact) mass is 284 g/mol. The van der Waals surface area contributed by atoms with Crippen LogP contribution < -0.4 is 4.74 Å². The van der Waals surface area contributed by atoms with Crippen LogP contribution in [-0.2, 0) is 16.3 Å². The van der Waals surface area contributed by atoms with Crippen molar-refractivity contribution in [3.8, 4) is 5.75 Å². The van der Waals surface area contributed by atoms with E-state index in [4.69, 9.17) is 4.74 Å². The zero-order valence-corrected chi connectivity index (χ0v) is 12.1. The van der Waals surface area contributed by atoms with E-state index in [-0.39, 0.29) is 23.7 Å². The van der Waals surface area contributed by atoms with Crippen molar-refractivity contribution in [2.45, 2.75) is 38.0 Å². The van der Waals surface area contributed by atoms with Gasteiger partial charge in [-0.15, -0.1) is 0 Å². The van der Waals surface area contributed by atoms with Gasteiger partial charge in [-0.1, -0.05) is 6.07 Å². The summed E-state index contributed by atoms with van der Waals surface area (Å²) >= 11 is 0. The van der Waals surface area contributed by atoms with Crippen LogP contribution in [0.1, 0.15) is 37.5 Å². The Morgan fingerprint density at radius 2 is 2.16 bits per heavy atom. The normalized spacial score (nSPS) is 18.6. The summed E-state index contributed by atoms with van der Waals surface area (Å²) in [6.45, 7) is 3.51. The molecular weight excluding hydrogens is 264 g/mol. The summed E-state index contributed by atoms with van der Waals surface area (Å²) < 4.78 is 28.8. The number of hydrogen-bond acceptors (Lipinski definition) is 4. The number of benzene rings is 1. The Morgan fingerprint density at radius 3 is 2.84 bits per heavy atom. The topological polar surface area (TPSA) is 63.6 Å². The van der Waals surface area contributed by atoms with E-state index in [9.17, 15) is 13.5 Å². The second-order valence-corrected chi connectivity index (χ2v) is 7.86. The molecule has 0 amide bonds. The highest BCUT2D eigenvalue weighted by Gasteiger charge is 2.20. The molecule has 0 heterocycles. The van der Waals surface area contributed by atoms with Crippen LogP contribution in [0.5, 0.6) is 5.75 Å². The Morgan fingerprint density at radius 1 is 1.42 bits per heavy atom. The summed E-state index contributed by atoms with van der Waals surface area (Å²) in [6, 6.07) is 5.54. The number of aliphatic hydroxyl groups excluding tert-OH is 1. The lowest BCUT2D eigenvalue weighted by molar-refractivity contribution is 0.180. The van der Waals surface area contributed by atoms with Gasteiger partial charge in [-0.05, 0) is 49.9 Å². The molecule has 19 heavy (non-hydrogen) atoms. The number of sulfone groups is 1. The Hall–Kier alpha value is -1.07. The number of rotatable bonds is 5. The summed E-state index contributed by atoms with van der Waals surface area (Å²) in [5, 5.41) is 9.33. The van der Waals surface area contributed by atoms with Gasteiger partial charge in [0.1, 0.15) is 12.4 Å². The number of fused-ring (bicyclic) bond motifs is 1. The van der Waals surface area contributed by atoms with Crippen molar-refractivity contribution in [1.82, 2.24) is 0 Å². The first-order chi connectivity index (χ1) is 8.90. The molecular formula is C14H20O4S. The van der Waals surface area contributed by atoms with E-state index < -0.39 is 9.84 Å². The molecule has 0 spiro atoms. The highest BCUT2D eigenvalue weighted by molar-refractivity contribution is 7.91. The third-order valence-electron chi connectivity index (χ3n) is 3.52. The Bertz CT molecular complexity index is 549. The van der Waals surface area contributed by atoms with Crippen LogP contribution in [0.4, 0.5) is 0 Å². The van der Waals surface area contributed by atoms with Gasteiger partial charge in [0.25, 0.3) is 0 Å². The number of aliphatic hydroxyl groups is 1. The minimum Gasteiger partial charge on any atom is -0.493 e. The molecule has 1 aromatic carbocycles. The maximum atomic E-state index is 11.6. The Labute approximate surface area is 114 Å². The zero-order chi connectivity index (χ0) is 14.0. The zero-order valence-electron chi connectivity index (χ0n) is 11.3. The van der Waals surface area contributed by atoms with Crippen molar-refractivity contribution < 1.29 is 18.3 Å². The minimum atomic E-state index is -3.05. The summed E-state index contributed by atoms with van der Waals surface area (Å²) in [7, 11) is -3.05. The van der Waals surface area contributed by atoms with Gasteiger partial charge >= 0.3 is 0 Å². The second kappa shape index (κ2) is 5.51. The lowest BCUT2D eigenvalue weighted by Crippen LogP contribution is -2.22. The number of hydrogen-bond donors (Lipinski definition) is 1. The predicted octanol–water partition coefficient (Wildman–Crippen LogP) is 1.87. The molecule has 0 bridgehead atoms. The highest BCUT2D eigenvalue weighted by atomic mass is 32.2. The SMILES string of the molecule is CC(C)S(=O)(=O)CCOc1ccc2c(c1)CC[C@H]2O. The fraction of sp³-hybridized carbons (Fsp3) is 0.571. The molecule has 5 heteroatoms. The highest BCUT2D eigenvalue weighted by Crippen LogP contribution is 2.33. The maximum Gasteiger partial charge on any atom is 0.155 e. The van der Waals surface area contributed by atoms with E-state index in [1.165, 1.54) is 0 Å². The van der Waals surface area contributed by atoms with E-state index in [1.807, 2.05) is 12.1 Å². The van der Waals surface area contributed by atoms with Crippen molar-refractivity contribution in [3.05, 3.63) is 29.3 Å². The van der Waals surface area contributed by atoms with E-state index in [1.54, 1.807) is 19.9 Å². The van der Waals surface area contributed by atoms with Crippen molar-refractivity contribution in [1.29, 1.82) is 0 Å². The first-order valence-electron chi connectivity index (χ1n) is 6.55. The standard InChI is InChI=1S/C14H20O4S/c1-10(2)19(16,17)8-7-18-12-4-5-13-11(9-12)3-6-14(13)15/h4-5,9-10,14-15H,3,6-8H2,1-2H3/t14-/m1/s1. The van der Waals surface area contributed by atoms with Gasteiger partial charge in [-0.25, -0.2) is 8.42 Å². The van der Waals surface area contributed by atoms with Crippen LogP contribution in [0.2, 0.25) is 0 Å². The lowest BCUT2D eigenvalue weighted by atomic mass is 10.1. The maximum absolute atomic E-state index is 11.6. The van der Waals surface area contributed by atoms with Crippen molar-refractivity contribution >= 4 is 9.84 Å². The first-order valence-corrected chi connectivity index (χ1v) is 8.27. The van der Waals surface area contributed by atoms with E-state index in [2.05, 4.69) is 0 Å². The summed E-state index contributed by atoms with van der Waals surface area (Å²) in [6.07, 6.45) is 1.23. The number of aryl methyl sites for hydroxylation is 1. The van der Waals surface area contributed by atoms with Crippen LogP contribution in [0, 0.1) is 0 Å². The van der Waals surface area contributed by atoms with Crippen molar-refractivity contribution in [2.75, 3.05) is 12.4 Å². The molecule has 1 aliphatic rings. The molecule has 0 aromatic heterocycles. The molecule has 0 fully saturated rings. The van der Waals surface area contributed by atoms with E-state index >= 15 is 0 Å². The third kappa shape index (κ3) is 3.28. The van der Waals surface area contributed by atoms with Crippen LogP contribution in [0.15, 0.2) is 18.2 Å². The Balaban J connectivity index is 1.95. The predicted molar refractivity (Wildman–Crippen MR) is 74.1 cm³/mol. The van der Waals surface area contributed by atoms with Crippen molar-refractivity contribution in [2.24, 2.45) is 0 Å². The molecule has 0 radical (unpaired) electrons. The summed E-state index contributed by atoms with van der Waals surface area (Å²) in [5.41, 5.74) is 2.05. The second-order valence-electron chi connectivity index (χ2n) is 5.18. The van der Waals surface area contributed by atoms with Crippen LogP contribution in [-0.4, -0.2) is 31.1 Å². The minimum absolute atomic E-state index is 0.0321. The Kier molecular flexibility index (Phi) is 4.16. The van der Waals surface area contributed by atoms with Gasteiger partial charge in [-0.3, -0.25) is 0 Å². The fourth-order valence-electron chi connectivity index (χ4n) is 2.17. The largest absolute Gasteiger partial charge is 0.493 e. The lowest BCUT2D eigenvalue weighted by Gasteiger charge is -2.10. The van der Waals surface area contributed by atoms with E-state index in [0.717, 1.165) is 24.0 Å². The third-order valence-corrected chi connectivity index (χ3v) is 5.69. The van der Waals surface area contributed by atoms with Gasteiger partial charge in [0.05, 0.1) is 17.1 Å². The van der Waals surface area contributed by atoms with Gasteiger partial charge in [0, 0.05) is 0 Å². The van der Waals surface area contributed by atoms with Gasteiger partial charge in [0.15, 0.2) is 9.84 Å². The van der Waals surface area contributed by atoms with E-state index in [0.29, 0.717) is 5.75 Å². The van der Waals surface area contributed by atoms with Crippen LogP contribution in [0.3, 0.4) is 0 Å². The fourth-order valence-corrected chi connectivity index (χ4v) is 2.96. The molecule has 1 aliphatic carbocycles. The molecule has 0 aliphatic heterocycles. The molecule has 1 atom stereocenters.